The molecule has 0 aromatic carbocycles. The summed E-state index contributed by atoms with van der Waals surface area (Å²) in [4.78, 5) is 0.282. The maximum atomic E-state index is 12.4. The lowest BCUT2D eigenvalue weighted by Crippen LogP contribution is -2.40. The molecule has 1 heterocycles. The molecule has 0 unspecified atom stereocenters. The molecule has 7 heteroatoms. The average Bonchev–Trinajstić information content (AvgIpc) is 2.67. The molecular formula is C12H22N4O2S. The highest BCUT2D eigenvalue weighted by atomic mass is 32.2. The highest BCUT2D eigenvalue weighted by Gasteiger charge is 2.34. The monoisotopic (exact) mass is 286 g/mol. The normalized spacial score (nSPS) is 18.3. The molecule has 0 radical (unpaired) electrons. The van der Waals surface area contributed by atoms with Gasteiger partial charge in [-0.3, -0.25) is 5.10 Å². The largest absolute Gasteiger partial charge is 0.314 e. The Kier molecular flexibility index (Phi) is 3.98. The van der Waals surface area contributed by atoms with Gasteiger partial charge in [-0.25, -0.2) is 13.1 Å². The molecule has 6 nitrogen and oxygen atoms in total. The van der Waals surface area contributed by atoms with Gasteiger partial charge in [0, 0.05) is 13.1 Å². The smallest absolute Gasteiger partial charge is 0.244 e. The zero-order valence-corrected chi connectivity index (χ0v) is 12.5. The van der Waals surface area contributed by atoms with Crippen LogP contribution in [0.4, 0.5) is 0 Å². The van der Waals surface area contributed by atoms with Crippen molar-refractivity contribution < 1.29 is 8.42 Å². The SMILES string of the molecule is CNCc1n[nH]c(C)c1S(=O)(=O)NCC1(C)CCC1. The minimum atomic E-state index is -3.49. The summed E-state index contributed by atoms with van der Waals surface area (Å²) in [6, 6.07) is 0. The fourth-order valence-corrected chi connectivity index (χ4v) is 3.97. The number of sulfonamides is 1. The minimum absolute atomic E-state index is 0.119. The maximum Gasteiger partial charge on any atom is 0.244 e. The number of aryl methyl sites for hydroxylation is 1. The Balaban J connectivity index is 2.16. The van der Waals surface area contributed by atoms with Crippen LogP contribution in [0.3, 0.4) is 0 Å². The Morgan fingerprint density at radius 1 is 1.42 bits per heavy atom. The van der Waals surface area contributed by atoms with E-state index in [2.05, 4.69) is 27.2 Å². The van der Waals surface area contributed by atoms with E-state index < -0.39 is 10.0 Å². The Hall–Kier alpha value is -0.920. The summed E-state index contributed by atoms with van der Waals surface area (Å²) < 4.78 is 27.5. The first-order valence-corrected chi connectivity index (χ1v) is 8.04. The first kappa shape index (κ1) is 14.5. The van der Waals surface area contributed by atoms with Gasteiger partial charge in [-0.05, 0) is 32.2 Å². The minimum Gasteiger partial charge on any atom is -0.314 e. The van der Waals surface area contributed by atoms with Crippen molar-refractivity contribution in [1.82, 2.24) is 20.2 Å². The summed E-state index contributed by atoms with van der Waals surface area (Å²) in [6.45, 7) is 4.78. The van der Waals surface area contributed by atoms with E-state index in [0.717, 1.165) is 12.8 Å². The van der Waals surface area contributed by atoms with Gasteiger partial charge in [0.15, 0.2) is 0 Å². The Bertz CT molecular complexity index is 546. The second kappa shape index (κ2) is 5.22. The van der Waals surface area contributed by atoms with Crippen LogP contribution in [0.1, 0.15) is 37.6 Å². The average molecular weight is 286 g/mol. The van der Waals surface area contributed by atoms with Gasteiger partial charge < -0.3 is 5.32 Å². The predicted molar refractivity (Wildman–Crippen MR) is 73.2 cm³/mol. The second-order valence-corrected chi connectivity index (χ2v) is 7.35. The van der Waals surface area contributed by atoms with Crippen molar-refractivity contribution in [2.75, 3.05) is 13.6 Å². The number of rotatable bonds is 6. The summed E-state index contributed by atoms with van der Waals surface area (Å²) in [7, 11) is -1.73. The van der Waals surface area contributed by atoms with E-state index in [0.29, 0.717) is 24.5 Å². The van der Waals surface area contributed by atoms with E-state index >= 15 is 0 Å². The third-order valence-electron chi connectivity index (χ3n) is 3.82. The molecule has 3 N–H and O–H groups in total. The molecule has 2 rings (SSSR count). The van der Waals surface area contributed by atoms with E-state index in [1.54, 1.807) is 14.0 Å². The molecule has 1 saturated carbocycles. The molecule has 0 bridgehead atoms. The highest BCUT2D eigenvalue weighted by molar-refractivity contribution is 7.89. The topological polar surface area (TPSA) is 86.9 Å². The van der Waals surface area contributed by atoms with Gasteiger partial charge in [-0.2, -0.15) is 5.10 Å². The third-order valence-corrected chi connectivity index (χ3v) is 5.43. The second-order valence-electron chi connectivity index (χ2n) is 5.64. The zero-order chi connectivity index (χ0) is 14.1. The Labute approximate surface area is 114 Å². The molecular weight excluding hydrogens is 264 g/mol. The van der Waals surface area contributed by atoms with Crippen LogP contribution < -0.4 is 10.0 Å². The van der Waals surface area contributed by atoms with Gasteiger partial charge in [0.25, 0.3) is 0 Å². The quantitative estimate of drug-likeness (QED) is 0.725. The van der Waals surface area contributed by atoms with Crippen LogP contribution in [-0.4, -0.2) is 32.2 Å². The first-order chi connectivity index (χ1) is 8.88. The van der Waals surface area contributed by atoms with Crippen molar-refractivity contribution >= 4 is 10.0 Å². The third kappa shape index (κ3) is 2.98. The zero-order valence-electron chi connectivity index (χ0n) is 11.7. The standard InChI is InChI=1S/C12H22N4O2S/c1-9-11(10(7-13-3)16-15-9)19(17,18)14-8-12(2)5-4-6-12/h13-14H,4-8H2,1-3H3,(H,15,16). The van der Waals surface area contributed by atoms with E-state index in [4.69, 9.17) is 0 Å². The number of H-pyrrole nitrogens is 1. The maximum absolute atomic E-state index is 12.4. The number of aromatic amines is 1. The van der Waals surface area contributed by atoms with E-state index in [-0.39, 0.29) is 10.3 Å². The van der Waals surface area contributed by atoms with Crippen LogP contribution >= 0.6 is 0 Å². The van der Waals surface area contributed by atoms with Gasteiger partial charge in [0.2, 0.25) is 10.0 Å². The number of aromatic nitrogens is 2. The molecule has 0 saturated heterocycles. The van der Waals surface area contributed by atoms with Gasteiger partial charge in [0.1, 0.15) is 4.90 Å². The van der Waals surface area contributed by atoms with Crippen LogP contribution in [0.2, 0.25) is 0 Å². The van der Waals surface area contributed by atoms with E-state index in [9.17, 15) is 8.42 Å². The van der Waals surface area contributed by atoms with Gasteiger partial charge in [0.05, 0.1) is 11.4 Å². The van der Waals surface area contributed by atoms with Crippen molar-refractivity contribution in [2.45, 2.75) is 44.6 Å². The molecule has 0 spiro atoms. The summed E-state index contributed by atoms with van der Waals surface area (Å²) in [5.74, 6) is 0. The number of nitrogens with zero attached hydrogens (tertiary/aromatic N) is 1. The van der Waals surface area contributed by atoms with Gasteiger partial charge >= 0.3 is 0 Å². The van der Waals surface area contributed by atoms with Crippen LogP contribution in [0.25, 0.3) is 0 Å². The van der Waals surface area contributed by atoms with Crippen LogP contribution in [0, 0.1) is 12.3 Å². The Morgan fingerprint density at radius 2 is 2.11 bits per heavy atom. The molecule has 1 aromatic heterocycles. The lowest BCUT2D eigenvalue weighted by Gasteiger charge is -2.38. The highest BCUT2D eigenvalue weighted by Crippen LogP contribution is 2.39. The number of hydrogen-bond acceptors (Lipinski definition) is 4. The van der Waals surface area contributed by atoms with Crippen molar-refractivity contribution in [3.63, 3.8) is 0 Å². The summed E-state index contributed by atoms with van der Waals surface area (Å²) >= 11 is 0. The van der Waals surface area contributed by atoms with Gasteiger partial charge in [-0.15, -0.1) is 0 Å². The molecule has 1 aliphatic carbocycles. The predicted octanol–water partition coefficient (Wildman–Crippen LogP) is 0.906. The summed E-state index contributed by atoms with van der Waals surface area (Å²) in [5, 5.41) is 9.72. The molecule has 0 aliphatic heterocycles. The van der Waals surface area contributed by atoms with Crippen molar-refractivity contribution in [1.29, 1.82) is 0 Å². The number of hydrogen-bond donors (Lipinski definition) is 3. The molecule has 19 heavy (non-hydrogen) atoms. The fraction of sp³-hybridized carbons (Fsp3) is 0.750. The van der Waals surface area contributed by atoms with Crippen LogP contribution in [0.15, 0.2) is 4.90 Å². The lowest BCUT2D eigenvalue weighted by atomic mass is 9.71. The summed E-state index contributed by atoms with van der Waals surface area (Å²) in [5.41, 5.74) is 1.23. The lowest BCUT2D eigenvalue weighted by molar-refractivity contribution is 0.166. The van der Waals surface area contributed by atoms with Gasteiger partial charge in [-0.1, -0.05) is 13.3 Å². The number of nitrogens with one attached hydrogen (secondary N) is 3. The van der Waals surface area contributed by atoms with E-state index in [1.807, 2.05) is 0 Å². The Morgan fingerprint density at radius 3 is 2.63 bits per heavy atom. The molecule has 0 amide bonds. The van der Waals surface area contributed by atoms with E-state index in [1.165, 1.54) is 6.42 Å². The van der Waals surface area contributed by atoms with Crippen molar-refractivity contribution in [3.8, 4) is 0 Å². The first-order valence-electron chi connectivity index (χ1n) is 6.56. The molecule has 108 valence electrons. The van der Waals surface area contributed by atoms with Crippen LogP contribution in [0.5, 0.6) is 0 Å². The van der Waals surface area contributed by atoms with Crippen LogP contribution in [-0.2, 0) is 16.6 Å². The molecule has 1 fully saturated rings. The molecule has 0 atom stereocenters. The molecule has 1 aromatic rings. The van der Waals surface area contributed by atoms with Crippen molar-refractivity contribution in [3.05, 3.63) is 11.4 Å². The summed E-state index contributed by atoms with van der Waals surface area (Å²) in [6.07, 6.45) is 3.36. The fourth-order valence-electron chi connectivity index (χ4n) is 2.41. The van der Waals surface area contributed by atoms with Crippen molar-refractivity contribution in [2.24, 2.45) is 5.41 Å². The molecule has 1 aliphatic rings.